The third-order valence-corrected chi connectivity index (χ3v) is 7.60. The molecule has 0 aliphatic heterocycles. The zero-order valence-corrected chi connectivity index (χ0v) is 26.2. The average molecular weight is 607 g/mol. The standard InChI is InChI=1S/C35H39FN8O/c1-35(2,3)18-32(45)39-25-15-22(19-37-20-25)28-9-10-30-33(41-28)34(43-42-30)31-17-27-26(7-6-8-29(27)40-31)21-13-23(36)16-24(14-21)38-11-12-44(4)5/h6-10,13-17,19-20,32,38-40,45H,11-12,18H2,1-5H3,(H,42,43). The molecule has 0 saturated heterocycles. The quantitative estimate of drug-likeness (QED) is 0.105. The van der Waals surface area contributed by atoms with Gasteiger partial charge in [0.1, 0.15) is 23.3 Å². The number of pyridine rings is 2. The van der Waals surface area contributed by atoms with Crippen molar-refractivity contribution in [3.8, 4) is 33.8 Å². The number of H-pyrrole nitrogens is 2. The van der Waals surface area contributed by atoms with Gasteiger partial charge >= 0.3 is 0 Å². The Morgan fingerprint density at radius 3 is 2.58 bits per heavy atom. The summed E-state index contributed by atoms with van der Waals surface area (Å²) in [6.07, 6.45) is 3.36. The fourth-order valence-electron chi connectivity index (χ4n) is 5.54. The van der Waals surface area contributed by atoms with Crippen molar-refractivity contribution in [3.05, 3.63) is 78.9 Å². The van der Waals surface area contributed by atoms with E-state index in [1.165, 1.54) is 6.07 Å². The molecule has 5 N–H and O–H groups in total. The molecule has 6 rings (SSSR count). The Bertz CT molecular complexity index is 1960. The molecule has 10 heteroatoms. The lowest BCUT2D eigenvalue weighted by atomic mass is 9.91. The number of rotatable bonds is 10. The van der Waals surface area contributed by atoms with E-state index in [1.54, 1.807) is 18.5 Å². The van der Waals surface area contributed by atoms with Gasteiger partial charge in [-0.15, -0.1) is 0 Å². The number of nitrogens with one attached hydrogen (secondary N) is 4. The third-order valence-electron chi connectivity index (χ3n) is 7.60. The van der Waals surface area contributed by atoms with E-state index in [2.05, 4.69) is 56.5 Å². The van der Waals surface area contributed by atoms with Gasteiger partial charge in [-0.3, -0.25) is 10.1 Å². The van der Waals surface area contributed by atoms with Crippen LogP contribution in [0.5, 0.6) is 0 Å². The lowest BCUT2D eigenvalue weighted by Gasteiger charge is -2.23. The number of aliphatic hydroxyl groups is 1. The van der Waals surface area contributed by atoms with Crippen LogP contribution in [0.15, 0.2) is 73.1 Å². The van der Waals surface area contributed by atoms with Crippen LogP contribution < -0.4 is 10.6 Å². The fraction of sp³-hybridized carbons (Fsp3) is 0.286. The number of aliphatic hydroxyl groups excluding tert-OH is 1. The number of hydrogen-bond acceptors (Lipinski definition) is 7. The maximum Gasteiger partial charge on any atom is 0.135 e. The van der Waals surface area contributed by atoms with Crippen molar-refractivity contribution < 1.29 is 9.50 Å². The van der Waals surface area contributed by atoms with Crippen molar-refractivity contribution in [2.24, 2.45) is 5.41 Å². The normalized spacial score (nSPS) is 12.7. The molecule has 1 atom stereocenters. The first-order chi connectivity index (χ1) is 21.5. The number of benzene rings is 2. The summed E-state index contributed by atoms with van der Waals surface area (Å²) in [6.45, 7) is 7.82. The predicted molar refractivity (Wildman–Crippen MR) is 181 cm³/mol. The Kier molecular flexibility index (Phi) is 8.26. The molecule has 9 nitrogen and oxygen atoms in total. The molecule has 4 heterocycles. The highest BCUT2D eigenvalue weighted by molar-refractivity contribution is 6.00. The van der Waals surface area contributed by atoms with Crippen LogP contribution in [0.25, 0.3) is 55.7 Å². The minimum atomic E-state index is -0.692. The molecule has 0 saturated carbocycles. The Balaban J connectivity index is 1.32. The number of nitrogens with zero attached hydrogens (tertiary/aromatic N) is 4. The number of aromatic nitrogens is 5. The molecule has 4 aromatic heterocycles. The predicted octanol–water partition coefficient (Wildman–Crippen LogP) is 7.11. The first-order valence-electron chi connectivity index (χ1n) is 15.1. The zero-order valence-electron chi connectivity index (χ0n) is 26.2. The van der Waals surface area contributed by atoms with E-state index in [0.29, 0.717) is 24.2 Å². The van der Waals surface area contributed by atoms with Gasteiger partial charge in [-0.25, -0.2) is 9.37 Å². The van der Waals surface area contributed by atoms with Gasteiger partial charge in [0.05, 0.1) is 28.8 Å². The topological polar surface area (TPSA) is 118 Å². The average Bonchev–Trinajstić information content (AvgIpc) is 3.59. The number of hydrogen-bond donors (Lipinski definition) is 5. The van der Waals surface area contributed by atoms with E-state index in [4.69, 9.17) is 4.98 Å². The van der Waals surface area contributed by atoms with Crippen LogP contribution in [0.2, 0.25) is 0 Å². The fourth-order valence-corrected chi connectivity index (χ4v) is 5.54. The smallest absolute Gasteiger partial charge is 0.135 e. The van der Waals surface area contributed by atoms with E-state index in [-0.39, 0.29) is 11.2 Å². The Hall–Kier alpha value is -4.80. The molecule has 2 aromatic carbocycles. The van der Waals surface area contributed by atoms with Gasteiger partial charge < -0.3 is 25.6 Å². The highest BCUT2D eigenvalue weighted by Crippen LogP contribution is 2.35. The van der Waals surface area contributed by atoms with Gasteiger partial charge in [0.15, 0.2) is 0 Å². The largest absolute Gasteiger partial charge is 0.384 e. The molecule has 0 spiro atoms. The second-order valence-electron chi connectivity index (χ2n) is 13.0. The van der Waals surface area contributed by atoms with Crippen molar-refractivity contribution in [1.29, 1.82) is 0 Å². The Morgan fingerprint density at radius 2 is 1.78 bits per heavy atom. The first kappa shape index (κ1) is 30.2. The summed E-state index contributed by atoms with van der Waals surface area (Å²) in [5.41, 5.74) is 8.61. The molecular weight excluding hydrogens is 567 g/mol. The van der Waals surface area contributed by atoms with Crippen LogP contribution >= 0.6 is 0 Å². The van der Waals surface area contributed by atoms with Crippen LogP contribution in [0.1, 0.15) is 27.2 Å². The highest BCUT2D eigenvalue weighted by Gasteiger charge is 2.18. The summed E-state index contributed by atoms with van der Waals surface area (Å²) in [7, 11) is 4.02. The second kappa shape index (κ2) is 12.3. The number of anilines is 2. The SMILES string of the molecule is CN(C)CCNc1cc(F)cc(-c2cccc3[nH]c(-c4n[nH]c5ccc(-c6cncc(NC(O)CC(C)(C)C)c6)nc45)cc23)c1. The molecule has 0 amide bonds. The van der Waals surface area contributed by atoms with E-state index in [9.17, 15) is 9.50 Å². The lowest BCUT2D eigenvalue weighted by molar-refractivity contribution is 0.145. The molecule has 232 valence electrons. The van der Waals surface area contributed by atoms with Crippen molar-refractivity contribution in [3.63, 3.8) is 0 Å². The highest BCUT2D eigenvalue weighted by atomic mass is 19.1. The number of likely N-dealkylation sites (N-methyl/N-ethyl adjacent to an activating group) is 1. The van der Waals surface area contributed by atoms with Crippen LogP contribution in [-0.4, -0.2) is 68.6 Å². The van der Waals surface area contributed by atoms with Gasteiger partial charge in [0, 0.05) is 41.4 Å². The van der Waals surface area contributed by atoms with Gasteiger partial charge in [-0.2, -0.15) is 5.10 Å². The third kappa shape index (κ3) is 6.97. The van der Waals surface area contributed by atoms with Gasteiger partial charge in [-0.05, 0) is 85.6 Å². The van der Waals surface area contributed by atoms with Crippen LogP contribution in [-0.2, 0) is 0 Å². The lowest BCUT2D eigenvalue weighted by Crippen LogP contribution is -2.25. The monoisotopic (exact) mass is 606 g/mol. The summed E-state index contributed by atoms with van der Waals surface area (Å²) in [6, 6.07) is 18.9. The summed E-state index contributed by atoms with van der Waals surface area (Å²) in [5, 5.41) is 25.7. The van der Waals surface area contributed by atoms with Crippen LogP contribution in [0.4, 0.5) is 15.8 Å². The second-order valence-corrected chi connectivity index (χ2v) is 13.0. The molecule has 6 aromatic rings. The summed E-state index contributed by atoms with van der Waals surface area (Å²) in [4.78, 5) is 14.9. The Labute approximate surface area is 261 Å². The number of halogens is 1. The molecular formula is C35H39FN8O. The van der Waals surface area contributed by atoms with E-state index in [1.807, 2.05) is 62.6 Å². The van der Waals surface area contributed by atoms with Crippen molar-refractivity contribution in [2.45, 2.75) is 33.4 Å². The van der Waals surface area contributed by atoms with Crippen LogP contribution in [0.3, 0.4) is 0 Å². The maximum atomic E-state index is 14.7. The minimum Gasteiger partial charge on any atom is -0.384 e. The molecule has 0 fully saturated rings. The van der Waals surface area contributed by atoms with Crippen molar-refractivity contribution in [1.82, 2.24) is 30.0 Å². The summed E-state index contributed by atoms with van der Waals surface area (Å²) >= 11 is 0. The van der Waals surface area contributed by atoms with Gasteiger partial charge in [-0.1, -0.05) is 32.9 Å². The molecule has 0 bridgehead atoms. The maximum absolute atomic E-state index is 14.7. The molecule has 0 aliphatic rings. The molecule has 0 aliphatic carbocycles. The zero-order chi connectivity index (χ0) is 31.7. The summed E-state index contributed by atoms with van der Waals surface area (Å²) in [5.74, 6) is -0.292. The van der Waals surface area contributed by atoms with Crippen molar-refractivity contribution >= 4 is 33.3 Å². The Morgan fingerprint density at radius 1 is 0.956 bits per heavy atom. The van der Waals surface area contributed by atoms with Crippen LogP contribution in [0, 0.1) is 11.2 Å². The van der Waals surface area contributed by atoms with Gasteiger partial charge in [0.25, 0.3) is 0 Å². The molecule has 1 unspecified atom stereocenters. The summed E-state index contributed by atoms with van der Waals surface area (Å²) < 4.78 is 14.7. The first-order valence-corrected chi connectivity index (χ1v) is 15.1. The number of fused-ring (bicyclic) bond motifs is 2. The van der Waals surface area contributed by atoms with E-state index in [0.717, 1.165) is 62.4 Å². The molecule has 0 radical (unpaired) electrons. The molecule has 45 heavy (non-hydrogen) atoms. The van der Waals surface area contributed by atoms with E-state index >= 15 is 0 Å². The van der Waals surface area contributed by atoms with Crippen molar-refractivity contribution in [2.75, 3.05) is 37.8 Å². The van der Waals surface area contributed by atoms with Gasteiger partial charge in [0.2, 0.25) is 0 Å². The minimum absolute atomic E-state index is 0.0195. The van der Waals surface area contributed by atoms with E-state index < -0.39 is 6.23 Å². The number of aromatic amines is 2.